The zero-order valence-electron chi connectivity index (χ0n) is 16.0. The van der Waals surface area contributed by atoms with Gasteiger partial charge in [0.15, 0.2) is 11.0 Å². The van der Waals surface area contributed by atoms with Crippen molar-refractivity contribution in [3.05, 3.63) is 59.7 Å². The number of hydrogen-bond acceptors (Lipinski definition) is 6. The fourth-order valence-electron chi connectivity index (χ4n) is 3.57. The number of hydrogen-bond donors (Lipinski definition) is 1. The topological polar surface area (TPSA) is 99.9 Å². The first-order valence-electron chi connectivity index (χ1n) is 9.13. The Morgan fingerprint density at radius 1 is 1.17 bits per heavy atom. The molecule has 0 spiro atoms. The molecule has 3 aromatic rings. The van der Waals surface area contributed by atoms with Gasteiger partial charge < -0.3 is 15.2 Å². The largest absolute Gasteiger partial charge is 0.545 e. The van der Waals surface area contributed by atoms with Crippen molar-refractivity contribution in [1.82, 2.24) is 14.8 Å². The number of carboxylic acids is 1. The van der Waals surface area contributed by atoms with Crippen LogP contribution in [0.25, 0.3) is 11.4 Å². The number of rotatable bonds is 5. The van der Waals surface area contributed by atoms with Crippen LogP contribution in [0.3, 0.4) is 0 Å². The number of fused-ring (bicyclic) bond motifs is 3. The number of nitrogens with one attached hydrogen (secondary N) is 1. The lowest BCUT2D eigenvalue weighted by Crippen LogP contribution is -2.33. The average Bonchev–Trinajstić information content (AvgIpc) is 3.12. The van der Waals surface area contributed by atoms with Gasteiger partial charge in [-0.2, -0.15) is 0 Å². The number of carboxylic acid groups (broad SMARTS) is 1. The number of carbonyl (C=O) groups excluding carboxylic acids is 2. The van der Waals surface area contributed by atoms with E-state index in [-0.39, 0.29) is 22.8 Å². The normalized spacial score (nSPS) is 14.0. The van der Waals surface area contributed by atoms with Crippen LogP contribution in [0.5, 0.6) is 0 Å². The van der Waals surface area contributed by atoms with Crippen molar-refractivity contribution in [3.8, 4) is 11.4 Å². The summed E-state index contributed by atoms with van der Waals surface area (Å²) in [7, 11) is 0. The second kappa shape index (κ2) is 7.36. The van der Waals surface area contributed by atoms with E-state index in [9.17, 15) is 14.7 Å². The molecule has 1 amide bonds. The number of carbonyl (C=O) groups is 2. The average molecular weight is 407 g/mol. The monoisotopic (exact) mass is 407 g/mol. The van der Waals surface area contributed by atoms with Gasteiger partial charge in [-0.15, -0.1) is 10.2 Å². The molecule has 0 atom stereocenters. The molecule has 7 nitrogen and oxygen atoms in total. The molecule has 0 unspecified atom stereocenters. The summed E-state index contributed by atoms with van der Waals surface area (Å²) in [6, 6.07) is 14.1. The third-order valence-corrected chi connectivity index (χ3v) is 5.76. The number of anilines is 1. The Balaban J connectivity index is 1.51. The highest BCUT2D eigenvalue weighted by Crippen LogP contribution is 2.39. The molecule has 1 aliphatic heterocycles. The lowest BCUT2D eigenvalue weighted by Gasteiger charge is -2.34. The highest BCUT2D eigenvalue weighted by atomic mass is 32.2. The molecule has 0 aliphatic carbocycles. The van der Waals surface area contributed by atoms with E-state index in [1.54, 1.807) is 12.1 Å². The molecule has 1 N–H and O–H groups in total. The zero-order valence-corrected chi connectivity index (χ0v) is 16.8. The highest BCUT2D eigenvalue weighted by Gasteiger charge is 2.34. The van der Waals surface area contributed by atoms with E-state index in [2.05, 4.69) is 40.0 Å². The van der Waals surface area contributed by atoms with Crippen molar-refractivity contribution in [1.29, 1.82) is 0 Å². The maximum atomic E-state index is 12.4. The van der Waals surface area contributed by atoms with Crippen LogP contribution < -0.4 is 10.4 Å². The molecule has 0 bridgehead atoms. The molecule has 8 heteroatoms. The molecular formula is C21H19N4O3S-. The fourth-order valence-corrected chi connectivity index (χ4v) is 4.47. The lowest BCUT2D eigenvalue weighted by atomic mass is 9.87. The molecule has 4 rings (SSSR count). The first-order chi connectivity index (χ1) is 13.8. The van der Waals surface area contributed by atoms with Crippen LogP contribution in [0, 0.1) is 0 Å². The molecule has 2 aromatic carbocycles. The smallest absolute Gasteiger partial charge is 0.234 e. The first-order valence-corrected chi connectivity index (χ1v) is 10.1. The SMILES string of the molecule is CC1(C)Cc2ccccc2-c2nnc(SCC(=O)Nc3cccc(C(=O)[O-])c3)n21. The van der Waals surface area contributed by atoms with Crippen molar-refractivity contribution >= 4 is 29.3 Å². The molecule has 0 saturated carbocycles. The van der Waals surface area contributed by atoms with Crippen LogP contribution in [0.15, 0.2) is 53.7 Å². The van der Waals surface area contributed by atoms with Gasteiger partial charge in [0, 0.05) is 16.8 Å². The summed E-state index contributed by atoms with van der Waals surface area (Å²) in [6.07, 6.45) is 0.851. The zero-order chi connectivity index (χ0) is 20.6. The number of nitrogens with zero attached hydrogens (tertiary/aromatic N) is 3. The van der Waals surface area contributed by atoms with E-state index in [1.165, 1.54) is 29.5 Å². The molecule has 0 radical (unpaired) electrons. The Kier molecular flexibility index (Phi) is 4.87. The minimum atomic E-state index is -1.28. The Bertz CT molecular complexity index is 1110. The van der Waals surface area contributed by atoms with E-state index in [0.29, 0.717) is 10.8 Å². The summed E-state index contributed by atoms with van der Waals surface area (Å²) < 4.78 is 2.09. The van der Waals surface area contributed by atoms with Crippen molar-refractivity contribution < 1.29 is 14.7 Å². The Morgan fingerprint density at radius 2 is 1.97 bits per heavy atom. The van der Waals surface area contributed by atoms with Crippen LogP contribution in [0.4, 0.5) is 5.69 Å². The van der Waals surface area contributed by atoms with Gasteiger partial charge >= 0.3 is 0 Å². The number of benzene rings is 2. The molecule has 1 aromatic heterocycles. The fraction of sp³-hybridized carbons (Fsp3) is 0.238. The number of aromatic nitrogens is 3. The predicted molar refractivity (Wildman–Crippen MR) is 109 cm³/mol. The Labute approximate surface area is 172 Å². The Hall–Kier alpha value is -3.13. The van der Waals surface area contributed by atoms with Gasteiger partial charge in [0.2, 0.25) is 5.91 Å². The molecule has 29 heavy (non-hydrogen) atoms. The third kappa shape index (κ3) is 3.75. The summed E-state index contributed by atoms with van der Waals surface area (Å²) in [5.41, 5.74) is 2.51. The van der Waals surface area contributed by atoms with Crippen LogP contribution in [0.2, 0.25) is 0 Å². The first kappa shape index (κ1) is 19.2. The van der Waals surface area contributed by atoms with Gasteiger partial charge in [-0.25, -0.2) is 0 Å². The van der Waals surface area contributed by atoms with Crippen LogP contribution in [0.1, 0.15) is 29.8 Å². The van der Waals surface area contributed by atoms with Gasteiger partial charge in [0.05, 0.1) is 11.7 Å². The summed E-state index contributed by atoms with van der Waals surface area (Å²) >= 11 is 1.31. The van der Waals surface area contributed by atoms with Crippen molar-refractivity contribution in [2.24, 2.45) is 0 Å². The minimum Gasteiger partial charge on any atom is -0.545 e. The van der Waals surface area contributed by atoms with E-state index in [0.717, 1.165) is 17.8 Å². The summed E-state index contributed by atoms with van der Waals surface area (Å²) in [5, 5.41) is 23.0. The van der Waals surface area contributed by atoms with E-state index in [1.807, 2.05) is 18.2 Å². The summed E-state index contributed by atoms with van der Waals surface area (Å²) in [4.78, 5) is 23.3. The molecule has 2 heterocycles. The molecule has 0 saturated heterocycles. The quantitative estimate of drug-likeness (QED) is 0.652. The number of amides is 1. The van der Waals surface area contributed by atoms with E-state index in [4.69, 9.17) is 0 Å². The van der Waals surface area contributed by atoms with Gasteiger partial charge in [-0.1, -0.05) is 48.2 Å². The van der Waals surface area contributed by atoms with Crippen molar-refractivity contribution in [2.75, 3.05) is 11.1 Å². The van der Waals surface area contributed by atoms with Gasteiger partial charge in [0.25, 0.3) is 0 Å². The minimum absolute atomic E-state index is 0.0161. The van der Waals surface area contributed by atoms with Crippen LogP contribution >= 0.6 is 11.8 Å². The maximum Gasteiger partial charge on any atom is 0.234 e. The predicted octanol–water partition coefficient (Wildman–Crippen LogP) is 2.33. The summed E-state index contributed by atoms with van der Waals surface area (Å²) in [5.74, 6) is -0.600. The Morgan fingerprint density at radius 3 is 2.76 bits per heavy atom. The van der Waals surface area contributed by atoms with Gasteiger partial charge in [-0.3, -0.25) is 9.36 Å². The van der Waals surface area contributed by atoms with Crippen molar-refractivity contribution in [3.63, 3.8) is 0 Å². The highest BCUT2D eigenvalue weighted by molar-refractivity contribution is 7.99. The second-order valence-corrected chi connectivity index (χ2v) is 8.44. The van der Waals surface area contributed by atoms with Gasteiger partial charge in [0.1, 0.15) is 0 Å². The van der Waals surface area contributed by atoms with Crippen molar-refractivity contribution in [2.45, 2.75) is 31.0 Å². The summed E-state index contributed by atoms with van der Waals surface area (Å²) in [6.45, 7) is 4.26. The molecular weight excluding hydrogens is 388 g/mol. The second-order valence-electron chi connectivity index (χ2n) is 7.49. The van der Waals surface area contributed by atoms with E-state index < -0.39 is 5.97 Å². The van der Waals surface area contributed by atoms with Crippen LogP contribution in [-0.2, 0) is 16.8 Å². The number of aromatic carboxylic acids is 1. The maximum absolute atomic E-state index is 12.4. The van der Waals surface area contributed by atoms with Gasteiger partial charge in [-0.05, 0) is 43.5 Å². The van der Waals surface area contributed by atoms with E-state index >= 15 is 0 Å². The molecule has 0 fully saturated rings. The van der Waals surface area contributed by atoms with Crippen LogP contribution in [-0.4, -0.2) is 32.4 Å². The number of thioether (sulfide) groups is 1. The lowest BCUT2D eigenvalue weighted by molar-refractivity contribution is -0.255. The standard InChI is InChI=1S/C21H20N4O3S/c1-21(2)11-14-6-3-4-9-16(14)18-23-24-20(25(18)21)29-12-17(26)22-15-8-5-7-13(10-15)19(27)28/h3-10H,11-12H2,1-2H3,(H,22,26)(H,27,28)/p-1. The molecule has 1 aliphatic rings. The third-order valence-electron chi connectivity index (χ3n) is 4.83. The molecule has 148 valence electrons.